The lowest BCUT2D eigenvalue weighted by Crippen LogP contribution is -2.41. The van der Waals surface area contributed by atoms with Crippen LogP contribution >= 0.6 is 0 Å². The first-order chi connectivity index (χ1) is 16.5. The Balaban J connectivity index is 1.54. The van der Waals surface area contributed by atoms with Crippen molar-refractivity contribution < 1.29 is 4.42 Å². The molecule has 0 spiro atoms. The van der Waals surface area contributed by atoms with Gasteiger partial charge in [0.25, 0.3) is 5.56 Å². The minimum atomic E-state index is -0.0305. The van der Waals surface area contributed by atoms with E-state index in [-0.39, 0.29) is 17.5 Å². The van der Waals surface area contributed by atoms with E-state index in [4.69, 9.17) is 4.42 Å². The summed E-state index contributed by atoms with van der Waals surface area (Å²) >= 11 is 0. The first-order valence-electron chi connectivity index (χ1n) is 12.2. The van der Waals surface area contributed by atoms with E-state index in [0.29, 0.717) is 19.1 Å². The molecule has 178 valence electrons. The fourth-order valence-electron chi connectivity index (χ4n) is 5.29. The van der Waals surface area contributed by atoms with Gasteiger partial charge in [0.05, 0.1) is 12.3 Å². The second-order valence-electron chi connectivity index (χ2n) is 9.79. The summed E-state index contributed by atoms with van der Waals surface area (Å²) in [6, 6.07) is 12.3. The van der Waals surface area contributed by atoms with E-state index >= 15 is 0 Å². The van der Waals surface area contributed by atoms with E-state index < -0.39 is 0 Å². The highest BCUT2D eigenvalue weighted by atomic mass is 16.3. The first kappa shape index (κ1) is 22.5. The Labute approximate surface area is 199 Å². The van der Waals surface area contributed by atoms with E-state index in [0.717, 1.165) is 40.9 Å². The molecule has 1 aromatic carbocycles. The summed E-state index contributed by atoms with van der Waals surface area (Å²) in [6.07, 6.45) is 6.31. The molecule has 4 aromatic rings. The van der Waals surface area contributed by atoms with Crippen LogP contribution in [0.5, 0.6) is 0 Å². The number of benzene rings is 1. The highest BCUT2D eigenvalue weighted by Gasteiger charge is 2.35. The number of aryl methyl sites for hydroxylation is 1. The zero-order chi connectivity index (χ0) is 23.7. The summed E-state index contributed by atoms with van der Waals surface area (Å²) in [5.74, 6) is 1.87. The van der Waals surface area contributed by atoms with Crippen molar-refractivity contribution in [3.05, 3.63) is 75.7 Å². The molecule has 0 unspecified atom stereocenters. The Bertz CT molecular complexity index is 1300. The third-order valence-corrected chi connectivity index (χ3v) is 6.92. The number of hydrogen-bond acceptors (Lipinski definition) is 6. The van der Waals surface area contributed by atoms with Gasteiger partial charge in [0.2, 0.25) is 0 Å². The van der Waals surface area contributed by atoms with Crippen molar-refractivity contribution >= 4 is 10.9 Å². The number of aromatic nitrogens is 5. The third kappa shape index (κ3) is 4.55. The van der Waals surface area contributed by atoms with Crippen LogP contribution in [-0.4, -0.2) is 36.1 Å². The number of nitrogens with one attached hydrogen (secondary N) is 1. The molecule has 1 fully saturated rings. The monoisotopic (exact) mass is 460 g/mol. The fraction of sp³-hybridized carbons (Fsp3) is 0.462. The van der Waals surface area contributed by atoms with Crippen LogP contribution < -0.4 is 5.56 Å². The number of aromatic amines is 1. The molecule has 8 heteroatoms. The maximum Gasteiger partial charge on any atom is 0.252 e. The Morgan fingerprint density at radius 1 is 1.21 bits per heavy atom. The maximum absolute atomic E-state index is 13.1. The Hall–Kier alpha value is -3.26. The molecule has 8 nitrogen and oxygen atoms in total. The molecule has 3 aromatic heterocycles. The zero-order valence-corrected chi connectivity index (χ0v) is 20.1. The molecule has 1 N–H and O–H groups in total. The van der Waals surface area contributed by atoms with Gasteiger partial charge >= 0.3 is 0 Å². The number of rotatable bonds is 8. The van der Waals surface area contributed by atoms with Crippen molar-refractivity contribution in [2.75, 3.05) is 0 Å². The van der Waals surface area contributed by atoms with E-state index in [1.165, 1.54) is 18.4 Å². The number of tetrazole rings is 1. The predicted molar refractivity (Wildman–Crippen MR) is 130 cm³/mol. The number of pyridine rings is 1. The summed E-state index contributed by atoms with van der Waals surface area (Å²) in [4.78, 5) is 18.6. The number of hydrogen-bond donors (Lipinski definition) is 1. The van der Waals surface area contributed by atoms with E-state index in [9.17, 15) is 4.79 Å². The Morgan fingerprint density at radius 2 is 2.03 bits per heavy atom. The molecule has 3 heterocycles. The van der Waals surface area contributed by atoms with E-state index in [1.54, 1.807) is 6.26 Å². The topological polar surface area (TPSA) is 92.8 Å². The number of fused-ring (bicyclic) bond motifs is 1. The Morgan fingerprint density at radius 3 is 2.76 bits per heavy atom. The molecule has 34 heavy (non-hydrogen) atoms. The van der Waals surface area contributed by atoms with Gasteiger partial charge in [0.1, 0.15) is 12.3 Å². The van der Waals surface area contributed by atoms with Gasteiger partial charge < -0.3 is 9.40 Å². The van der Waals surface area contributed by atoms with Crippen LogP contribution in [0.3, 0.4) is 0 Å². The highest BCUT2D eigenvalue weighted by Crippen LogP contribution is 2.36. The molecule has 0 aliphatic heterocycles. The van der Waals surface area contributed by atoms with Gasteiger partial charge in [-0.3, -0.25) is 9.69 Å². The number of H-pyrrole nitrogens is 1. The van der Waals surface area contributed by atoms with Crippen molar-refractivity contribution in [3.8, 4) is 0 Å². The summed E-state index contributed by atoms with van der Waals surface area (Å²) in [7, 11) is 0. The lowest BCUT2D eigenvalue weighted by Gasteiger charge is -2.37. The van der Waals surface area contributed by atoms with Crippen LogP contribution in [0.25, 0.3) is 10.9 Å². The maximum atomic E-state index is 13.1. The second-order valence-corrected chi connectivity index (χ2v) is 9.79. The van der Waals surface area contributed by atoms with Crippen molar-refractivity contribution in [1.82, 2.24) is 30.1 Å². The van der Waals surface area contributed by atoms with Crippen LogP contribution in [-0.2, 0) is 13.1 Å². The molecule has 1 aliphatic rings. The normalized spacial score (nSPS) is 15.7. The van der Waals surface area contributed by atoms with Crippen LogP contribution in [0, 0.1) is 12.8 Å². The highest BCUT2D eigenvalue weighted by molar-refractivity contribution is 5.79. The predicted octanol–water partition coefficient (Wildman–Crippen LogP) is 4.61. The van der Waals surface area contributed by atoms with Gasteiger partial charge in [0, 0.05) is 23.7 Å². The van der Waals surface area contributed by atoms with Gasteiger partial charge in [-0.05, 0) is 71.8 Å². The van der Waals surface area contributed by atoms with Gasteiger partial charge in [-0.15, -0.1) is 5.10 Å². The minimum absolute atomic E-state index is 0.0272. The molecule has 1 aliphatic carbocycles. The number of furan rings is 1. The molecule has 0 saturated heterocycles. The average molecular weight is 461 g/mol. The van der Waals surface area contributed by atoms with Crippen LogP contribution in [0.15, 0.2) is 51.9 Å². The molecule has 0 amide bonds. The van der Waals surface area contributed by atoms with Crippen molar-refractivity contribution in [2.45, 2.75) is 71.6 Å². The smallest absolute Gasteiger partial charge is 0.252 e. The third-order valence-electron chi connectivity index (χ3n) is 6.92. The summed E-state index contributed by atoms with van der Waals surface area (Å²) in [5, 5.41) is 13.8. The number of nitrogens with zero attached hydrogens (tertiary/aromatic N) is 5. The van der Waals surface area contributed by atoms with Crippen LogP contribution in [0.1, 0.15) is 68.3 Å². The van der Waals surface area contributed by atoms with E-state index in [1.807, 2.05) is 35.0 Å². The standard InChI is InChI=1S/C26H32N6O2/c1-17(2)24(25-28-29-30-32(25)16-22-9-6-12-34-22)31(21-7-4-5-8-21)15-20-14-19-13-18(3)10-11-23(19)27-26(20)33/h6,9-14,17,21,24H,4-5,7-8,15-16H2,1-3H3,(H,27,33)/t24-/m1/s1. The minimum Gasteiger partial charge on any atom is -0.467 e. The molecule has 1 atom stereocenters. The molecular formula is C26H32N6O2. The lowest BCUT2D eigenvalue weighted by molar-refractivity contribution is 0.0842. The van der Waals surface area contributed by atoms with Crippen molar-refractivity contribution in [1.29, 1.82) is 0 Å². The average Bonchev–Trinajstić information content (AvgIpc) is 3.58. The van der Waals surface area contributed by atoms with Crippen molar-refractivity contribution in [2.24, 2.45) is 5.92 Å². The van der Waals surface area contributed by atoms with Crippen LogP contribution in [0.2, 0.25) is 0 Å². The fourth-order valence-corrected chi connectivity index (χ4v) is 5.29. The molecule has 0 radical (unpaired) electrons. The Kier molecular flexibility index (Phi) is 6.32. The van der Waals surface area contributed by atoms with E-state index in [2.05, 4.69) is 52.2 Å². The second kappa shape index (κ2) is 9.54. The lowest BCUT2D eigenvalue weighted by atomic mass is 9.97. The zero-order valence-electron chi connectivity index (χ0n) is 20.1. The van der Waals surface area contributed by atoms with Crippen molar-refractivity contribution in [3.63, 3.8) is 0 Å². The van der Waals surface area contributed by atoms with Crippen LogP contribution in [0.4, 0.5) is 0 Å². The largest absolute Gasteiger partial charge is 0.467 e. The summed E-state index contributed by atoms with van der Waals surface area (Å²) in [5.41, 5.74) is 2.79. The summed E-state index contributed by atoms with van der Waals surface area (Å²) < 4.78 is 7.38. The quantitative estimate of drug-likeness (QED) is 0.413. The van der Waals surface area contributed by atoms with Gasteiger partial charge in [0.15, 0.2) is 5.82 Å². The summed E-state index contributed by atoms with van der Waals surface area (Å²) in [6.45, 7) is 7.51. The van der Waals surface area contributed by atoms with Gasteiger partial charge in [-0.2, -0.15) is 0 Å². The van der Waals surface area contributed by atoms with Gasteiger partial charge in [-0.1, -0.05) is 38.3 Å². The molecule has 0 bridgehead atoms. The molecular weight excluding hydrogens is 428 g/mol. The molecule has 1 saturated carbocycles. The van der Waals surface area contributed by atoms with Gasteiger partial charge in [-0.25, -0.2) is 4.68 Å². The SMILES string of the molecule is Cc1ccc2[nH]c(=O)c(CN(C3CCCC3)[C@@H](c3nnnn3Cc3ccco3)C(C)C)cc2c1. The first-order valence-corrected chi connectivity index (χ1v) is 12.2. The molecule has 5 rings (SSSR count).